The number of hydrogen-bond donors (Lipinski definition) is 1. The first-order chi connectivity index (χ1) is 9.38. The number of nitrogens with one attached hydrogen (secondary N) is 1. The molecular weight excluding hydrogens is 287 g/mol. The Morgan fingerprint density at radius 3 is 2.35 bits per heavy atom. The topological polar surface area (TPSA) is 29.1 Å². The molecule has 0 bridgehead atoms. The van der Waals surface area contributed by atoms with Gasteiger partial charge < -0.3 is 5.32 Å². The summed E-state index contributed by atoms with van der Waals surface area (Å²) >= 11 is 1.51. The molecule has 0 spiro atoms. The Balaban J connectivity index is 2.06. The molecule has 2 nitrogen and oxygen atoms in total. The largest absolute Gasteiger partial charge is 0.416 e. The van der Waals surface area contributed by atoms with E-state index in [1.807, 2.05) is 24.4 Å². The van der Waals surface area contributed by atoms with Gasteiger partial charge in [-0.15, -0.1) is 11.3 Å². The zero-order valence-electron chi connectivity index (χ0n) is 10.6. The van der Waals surface area contributed by atoms with Crippen LogP contribution in [0.2, 0.25) is 0 Å². The normalized spacial score (nSPS) is 13.0. The lowest BCUT2D eigenvalue weighted by Gasteiger charge is -2.13. The monoisotopic (exact) mass is 299 g/mol. The first-order valence-corrected chi connectivity index (χ1v) is 6.77. The molecule has 1 atom stereocenters. The highest BCUT2D eigenvalue weighted by Gasteiger charge is 2.30. The highest BCUT2D eigenvalue weighted by Crippen LogP contribution is 2.29. The highest BCUT2D eigenvalue weighted by molar-refractivity contribution is 7.10. The van der Waals surface area contributed by atoms with E-state index in [4.69, 9.17) is 0 Å². The van der Waals surface area contributed by atoms with Crippen LogP contribution in [0.4, 0.5) is 13.2 Å². The highest BCUT2D eigenvalue weighted by atomic mass is 32.1. The van der Waals surface area contributed by atoms with Crippen LogP contribution in [0.5, 0.6) is 0 Å². The number of amides is 1. The lowest BCUT2D eigenvalue weighted by atomic mass is 10.1. The van der Waals surface area contributed by atoms with E-state index in [1.165, 1.54) is 23.5 Å². The molecule has 0 aliphatic rings. The third-order valence-corrected chi connectivity index (χ3v) is 3.85. The van der Waals surface area contributed by atoms with Crippen LogP contribution in [0.3, 0.4) is 0 Å². The van der Waals surface area contributed by atoms with E-state index in [0.717, 1.165) is 17.0 Å². The van der Waals surface area contributed by atoms with Gasteiger partial charge in [-0.2, -0.15) is 13.2 Å². The first kappa shape index (κ1) is 14.6. The zero-order chi connectivity index (χ0) is 14.8. The molecule has 0 aliphatic heterocycles. The second-order valence-electron chi connectivity index (χ2n) is 4.29. The van der Waals surface area contributed by atoms with Gasteiger partial charge in [0.1, 0.15) is 0 Å². The van der Waals surface area contributed by atoms with Crippen LogP contribution in [0.15, 0.2) is 41.8 Å². The summed E-state index contributed by atoms with van der Waals surface area (Å²) < 4.78 is 37.3. The maximum Gasteiger partial charge on any atom is 0.416 e. The van der Waals surface area contributed by atoms with E-state index < -0.39 is 11.7 Å². The number of halogens is 3. The average molecular weight is 299 g/mol. The van der Waals surface area contributed by atoms with Crippen molar-refractivity contribution >= 4 is 17.2 Å². The summed E-state index contributed by atoms with van der Waals surface area (Å²) in [5.41, 5.74) is -0.554. The molecule has 20 heavy (non-hydrogen) atoms. The molecule has 0 saturated carbocycles. The maximum absolute atomic E-state index is 12.4. The molecule has 2 rings (SSSR count). The summed E-state index contributed by atoms with van der Waals surface area (Å²) in [5, 5.41) is 4.65. The van der Waals surface area contributed by atoms with Crippen molar-refractivity contribution in [1.29, 1.82) is 0 Å². The summed E-state index contributed by atoms with van der Waals surface area (Å²) in [7, 11) is 0. The first-order valence-electron chi connectivity index (χ1n) is 5.89. The maximum atomic E-state index is 12.4. The second kappa shape index (κ2) is 5.66. The van der Waals surface area contributed by atoms with Crippen molar-refractivity contribution in [1.82, 2.24) is 5.32 Å². The lowest BCUT2D eigenvalue weighted by Crippen LogP contribution is -2.26. The van der Waals surface area contributed by atoms with Gasteiger partial charge in [-0.3, -0.25) is 4.79 Å². The minimum Gasteiger partial charge on any atom is -0.345 e. The van der Waals surface area contributed by atoms with Crippen LogP contribution in [0.25, 0.3) is 0 Å². The molecule has 2 aromatic rings. The van der Waals surface area contributed by atoms with E-state index in [-0.39, 0.29) is 17.5 Å². The van der Waals surface area contributed by atoms with Gasteiger partial charge in [0, 0.05) is 10.4 Å². The van der Waals surface area contributed by atoms with Crippen LogP contribution < -0.4 is 5.32 Å². The third-order valence-electron chi connectivity index (χ3n) is 2.79. The van der Waals surface area contributed by atoms with Gasteiger partial charge >= 0.3 is 6.18 Å². The number of alkyl halides is 3. The van der Waals surface area contributed by atoms with Gasteiger partial charge in [0.15, 0.2) is 0 Å². The minimum absolute atomic E-state index is 0.176. The predicted molar refractivity (Wildman–Crippen MR) is 71.6 cm³/mol. The Bertz CT molecular complexity index is 575. The smallest absolute Gasteiger partial charge is 0.345 e. The molecule has 0 saturated heterocycles. The van der Waals surface area contributed by atoms with Crippen molar-refractivity contribution in [2.75, 3.05) is 0 Å². The molecule has 0 radical (unpaired) electrons. The van der Waals surface area contributed by atoms with Gasteiger partial charge in [-0.05, 0) is 42.6 Å². The fourth-order valence-corrected chi connectivity index (χ4v) is 2.43. The third kappa shape index (κ3) is 3.39. The fraction of sp³-hybridized carbons (Fsp3) is 0.214. The number of carbonyl (C=O) groups is 1. The zero-order valence-corrected chi connectivity index (χ0v) is 11.4. The van der Waals surface area contributed by atoms with E-state index in [2.05, 4.69) is 5.32 Å². The Kier molecular flexibility index (Phi) is 4.13. The number of hydrogen-bond acceptors (Lipinski definition) is 2. The van der Waals surface area contributed by atoms with Crippen LogP contribution in [-0.2, 0) is 6.18 Å². The minimum atomic E-state index is -4.39. The van der Waals surface area contributed by atoms with E-state index >= 15 is 0 Å². The quantitative estimate of drug-likeness (QED) is 0.901. The Labute approximate surface area is 118 Å². The molecule has 0 aliphatic carbocycles. The van der Waals surface area contributed by atoms with Gasteiger partial charge in [0.25, 0.3) is 5.91 Å². The van der Waals surface area contributed by atoms with Crippen molar-refractivity contribution in [2.24, 2.45) is 0 Å². The van der Waals surface area contributed by atoms with Crippen molar-refractivity contribution in [2.45, 2.75) is 19.1 Å². The molecule has 6 heteroatoms. The molecule has 1 amide bonds. The standard InChI is InChI=1S/C14H12F3NOS/c1-9(12-3-2-8-20-12)18-13(19)10-4-6-11(7-5-10)14(15,16)17/h2-9H,1H3,(H,18,19)/t9-/m0/s1. The van der Waals surface area contributed by atoms with Crippen LogP contribution >= 0.6 is 11.3 Å². The summed E-state index contributed by atoms with van der Waals surface area (Å²) in [6, 6.07) is 7.77. The fourth-order valence-electron chi connectivity index (χ4n) is 1.70. The Morgan fingerprint density at radius 2 is 1.85 bits per heavy atom. The molecule has 0 fully saturated rings. The molecule has 1 heterocycles. The van der Waals surface area contributed by atoms with Gasteiger partial charge in [-0.25, -0.2) is 0 Å². The van der Waals surface area contributed by atoms with Crippen molar-refractivity contribution in [3.05, 3.63) is 57.8 Å². The molecule has 106 valence electrons. The molecule has 0 unspecified atom stereocenters. The van der Waals surface area contributed by atoms with Gasteiger partial charge in [0.2, 0.25) is 0 Å². The number of rotatable bonds is 3. The Morgan fingerprint density at radius 1 is 1.20 bits per heavy atom. The van der Waals surface area contributed by atoms with Crippen LogP contribution in [0, 0.1) is 0 Å². The summed E-state index contributed by atoms with van der Waals surface area (Å²) in [5.74, 6) is -0.389. The van der Waals surface area contributed by atoms with Gasteiger partial charge in [0.05, 0.1) is 11.6 Å². The summed E-state index contributed by atoms with van der Waals surface area (Å²) in [6.45, 7) is 1.83. The molecule has 1 N–H and O–H groups in total. The number of benzene rings is 1. The van der Waals surface area contributed by atoms with E-state index in [9.17, 15) is 18.0 Å². The van der Waals surface area contributed by atoms with Crippen LogP contribution in [0.1, 0.15) is 33.8 Å². The Hall–Kier alpha value is -1.82. The van der Waals surface area contributed by atoms with Crippen molar-refractivity contribution in [3.8, 4) is 0 Å². The SMILES string of the molecule is C[C@H](NC(=O)c1ccc(C(F)(F)F)cc1)c1cccs1. The lowest BCUT2D eigenvalue weighted by molar-refractivity contribution is -0.137. The van der Waals surface area contributed by atoms with Crippen molar-refractivity contribution < 1.29 is 18.0 Å². The van der Waals surface area contributed by atoms with Crippen LogP contribution in [-0.4, -0.2) is 5.91 Å². The number of carbonyl (C=O) groups excluding carboxylic acids is 1. The summed E-state index contributed by atoms with van der Waals surface area (Å²) in [6.07, 6.45) is -4.39. The second-order valence-corrected chi connectivity index (χ2v) is 5.26. The molecular formula is C14H12F3NOS. The molecule has 1 aromatic carbocycles. The van der Waals surface area contributed by atoms with E-state index in [1.54, 1.807) is 0 Å². The molecule has 1 aromatic heterocycles. The van der Waals surface area contributed by atoms with Gasteiger partial charge in [-0.1, -0.05) is 6.07 Å². The predicted octanol–water partition coefficient (Wildman–Crippen LogP) is 4.26. The average Bonchev–Trinajstić information content (AvgIpc) is 2.91. The summed E-state index contributed by atoms with van der Waals surface area (Å²) in [4.78, 5) is 12.9. The number of thiophene rings is 1. The van der Waals surface area contributed by atoms with Crippen molar-refractivity contribution in [3.63, 3.8) is 0 Å². The van der Waals surface area contributed by atoms with E-state index in [0.29, 0.717) is 0 Å².